The molecule has 2 N–H and O–H groups in total. The summed E-state index contributed by atoms with van der Waals surface area (Å²) in [5.74, 6) is 0.418. The van der Waals surface area contributed by atoms with E-state index in [9.17, 15) is 8.42 Å². The molecule has 2 rings (SSSR count). The molecule has 5 nitrogen and oxygen atoms in total. The zero-order chi connectivity index (χ0) is 13.5. The molecule has 0 bridgehead atoms. The van der Waals surface area contributed by atoms with Gasteiger partial charge in [-0.1, -0.05) is 6.92 Å². The van der Waals surface area contributed by atoms with E-state index >= 15 is 0 Å². The molecule has 1 saturated heterocycles. The summed E-state index contributed by atoms with van der Waals surface area (Å²) in [4.78, 5) is 3.97. The molecule has 0 spiro atoms. The van der Waals surface area contributed by atoms with Crippen LogP contribution in [0.1, 0.15) is 20.3 Å². The van der Waals surface area contributed by atoms with Crippen molar-refractivity contribution in [3.8, 4) is 0 Å². The van der Waals surface area contributed by atoms with Crippen LogP contribution in [0.15, 0.2) is 21.6 Å². The van der Waals surface area contributed by atoms with Gasteiger partial charge < -0.3 is 5.73 Å². The minimum atomic E-state index is -3.56. The number of hydrogen-bond donors (Lipinski definition) is 1. The molecule has 1 aliphatic heterocycles. The van der Waals surface area contributed by atoms with Crippen molar-refractivity contribution in [3.05, 3.63) is 16.7 Å². The van der Waals surface area contributed by atoms with Crippen LogP contribution in [-0.4, -0.2) is 30.3 Å². The third-order valence-corrected chi connectivity index (χ3v) is 5.60. The summed E-state index contributed by atoms with van der Waals surface area (Å²) in [5.41, 5.74) is 5.69. The maximum Gasteiger partial charge on any atom is 0.247 e. The van der Waals surface area contributed by atoms with Crippen molar-refractivity contribution in [2.75, 3.05) is 12.3 Å². The minimum Gasteiger partial charge on any atom is -0.383 e. The summed E-state index contributed by atoms with van der Waals surface area (Å²) in [7, 11) is -3.56. The van der Waals surface area contributed by atoms with Gasteiger partial charge in [0, 0.05) is 23.3 Å². The van der Waals surface area contributed by atoms with Gasteiger partial charge in [0.15, 0.2) is 0 Å². The van der Waals surface area contributed by atoms with Crippen LogP contribution in [0.25, 0.3) is 0 Å². The topological polar surface area (TPSA) is 76.3 Å². The average molecular weight is 334 g/mol. The Morgan fingerprint density at radius 1 is 1.50 bits per heavy atom. The largest absolute Gasteiger partial charge is 0.383 e. The Morgan fingerprint density at radius 2 is 2.17 bits per heavy atom. The quantitative estimate of drug-likeness (QED) is 0.895. The highest BCUT2D eigenvalue weighted by Crippen LogP contribution is 2.31. The highest BCUT2D eigenvalue weighted by Gasteiger charge is 2.37. The lowest BCUT2D eigenvalue weighted by atomic mass is 10.1. The number of pyridine rings is 1. The predicted octanol–water partition coefficient (Wildman–Crippen LogP) is 1.85. The first-order valence-electron chi connectivity index (χ1n) is 5.75. The number of nitrogen functional groups attached to an aromatic ring is 1. The number of nitrogens with two attached hydrogens (primary N) is 1. The van der Waals surface area contributed by atoms with Crippen molar-refractivity contribution in [1.82, 2.24) is 9.29 Å². The van der Waals surface area contributed by atoms with Gasteiger partial charge in [-0.15, -0.1) is 0 Å². The molecule has 0 saturated carbocycles. The zero-order valence-corrected chi connectivity index (χ0v) is 12.7. The Kier molecular flexibility index (Phi) is 3.66. The standard InChI is InChI=1S/C11H16BrN3O2S/c1-7-3-8(2)15(6-7)18(16,17)10-4-9(12)5-14-11(10)13/h4-5,7-8H,3,6H2,1-2H3,(H2,13,14). The molecule has 18 heavy (non-hydrogen) atoms. The number of anilines is 1. The first kappa shape index (κ1) is 13.8. The van der Waals surface area contributed by atoms with Gasteiger partial charge in [-0.3, -0.25) is 0 Å². The molecule has 2 unspecified atom stereocenters. The third-order valence-electron chi connectivity index (χ3n) is 3.16. The predicted molar refractivity (Wildman–Crippen MR) is 73.5 cm³/mol. The van der Waals surface area contributed by atoms with Gasteiger partial charge in [0.2, 0.25) is 10.0 Å². The summed E-state index contributed by atoms with van der Waals surface area (Å²) < 4.78 is 27.2. The SMILES string of the molecule is CC1CC(C)N(S(=O)(=O)c2cc(Br)cnc2N)C1. The lowest BCUT2D eigenvalue weighted by Crippen LogP contribution is -2.34. The van der Waals surface area contributed by atoms with Gasteiger partial charge in [-0.25, -0.2) is 13.4 Å². The molecule has 1 aliphatic rings. The van der Waals surface area contributed by atoms with Crippen LogP contribution in [0.5, 0.6) is 0 Å². The minimum absolute atomic E-state index is 0.00313. The number of hydrogen-bond acceptors (Lipinski definition) is 4. The molecule has 100 valence electrons. The van der Waals surface area contributed by atoms with Gasteiger partial charge in [-0.2, -0.15) is 4.31 Å². The summed E-state index contributed by atoms with van der Waals surface area (Å²) in [6, 6.07) is 1.51. The van der Waals surface area contributed by atoms with Crippen molar-refractivity contribution in [2.24, 2.45) is 5.92 Å². The molecule has 1 aromatic rings. The summed E-state index contributed by atoms with van der Waals surface area (Å²) >= 11 is 3.22. The number of nitrogens with zero attached hydrogens (tertiary/aromatic N) is 2. The van der Waals surface area contributed by atoms with Gasteiger partial charge in [0.1, 0.15) is 10.7 Å². The maximum atomic E-state index is 12.5. The lowest BCUT2D eigenvalue weighted by Gasteiger charge is -2.21. The monoisotopic (exact) mass is 333 g/mol. The van der Waals surface area contributed by atoms with Crippen LogP contribution < -0.4 is 5.73 Å². The second-order valence-corrected chi connectivity index (χ2v) is 7.58. The molecule has 2 atom stereocenters. The summed E-state index contributed by atoms with van der Waals surface area (Å²) in [6.07, 6.45) is 2.37. The van der Waals surface area contributed by atoms with Crippen molar-refractivity contribution in [1.29, 1.82) is 0 Å². The molecule has 0 radical (unpaired) electrons. The van der Waals surface area contributed by atoms with E-state index in [2.05, 4.69) is 27.8 Å². The van der Waals surface area contributed by atoms with Crippen molar-refractivity contribution < 1.29 is 8.42 Å². The van der Waals surface area contributed by atoms with Gasteiger partial charge in [0.05, 0.1) is 0 Å². The van der Waals surface area contributed by atoms with Gasteiger partial charge >= 0.3 is 0 Å². The van der Waals surface area contributed by atoms with E-state index in [1.54, 1.807) is 0 Å². The van der Waals surface area contributed by atoms with E-state index in [1.165, 1.54) is 16.6 Å². The van der Waals surface area contributed by atoms with Gasteiger partial charge in [-0.05, 0) is 41.3 Å². The average Bonchev–Trinajstić information content (AvgIpc) is 2.62. The van der Waals surface area contributed by atoms with E-state index in [1.807, 2.05) is 6.92 Å². The molecule has 7 heteroatoms. The number of rotatable bonds is 2. The zero-order valence-electron chi connectivity index (χ0n) is 10.3. The van der Waals surface area contributed by atoms with E-state index in [-0.39, 0.29) is 16.8 Å². The fourth-order valence-corrected chi connectivity index (χ4v) is 4.70. The smallest absolute Gasteiger partial charge is 0.247 e. The van der Waals surface area contributed by atoms with E-state index < -0.39 is 10.0 Å². The first-order valence-corrected chi connectivity index (χ1v) is 7.98. The Labute approximate surface area is 116 Å². The molecule has 0 aliphatic carbocycles. The summed E-state index contributed by atoms with van der Waals surface area (Å²) in [6.45, 7) is 4.51. The second kappa shape index (κ2) is 4.79. The molecule has 1 fully saturated rings. The Hall–Kier alpha value is -0.660. The molecular weight excluding hydrogens is 318 g/mol. The first-order chi connectivity index (χ1) is 8.32. The number of aromatic nitrogens is 1. The highest BCUT2D eigenvalue weighted by atomic mass is 79.9. The van der Waals surface area contributed by atoms with Crippen LogP contribution in [0.4, 0.5) is 5.82 Å². The fourth-order valence-electron chi connectivity index (χ4n) is 2.36. The molecular formula is C11H16BrN3O2S. The second-order valence-electron chi connectivity index (χ2n) is 4.80. The van der Waals surface area contributed by atoms with E-state index in [0.29, 0.717) is 16.9 Å². The van der Waals surface area contributed by atoms with Crippen LogP contribution in [0.2, 0.25) is 0 Å². The van der Waals surface area contributed by atoms with Crippen LogP contribution in [-0.2, 0) is 10.0 Å². The van der Waals surface area contributed by atoms with Crippen LogP contribution in [0.3, 0.4) is 0 Å². The van der Waals surface area contributed by atoms with E-state index in [4.69, 9.17) is 5.73 Å². The molecule has 0 amide bonds. The third kappa shape index (κ3) is 2.39. The van der Waals surface area contributed by atoms with Crippen LogP contribution >= 0.6 is 15.9 Å². The fraction of sp³-hybridized carbons (Fsp3) is 0.545. The molecule has 2 heterocycles. The van der Waals surface area contributed by atoms with Gasteiger partial charge in [0.25, 0.3) is 0 Å². The van der Waals surface area contributed by atoms with E-state index in [0.717, 1.165) is 6.42 Å². The van der Waals surface area contributed by atoms with Crippen LogP contribution in [0, 0.1) is 5.92 Å². The normalized spacial score (nSPS) is 25.5. The number of sulfonamides is 1. The Morgan fingerprint density at radius 3 is 2.72 bits per heavy atom. The van der Waals surface area contributed by atoms with Crippen molar-refractivity contribution >= 4 is 31.8 Å². The van der Waals surface area contributed by atoms with Crippen molar-refractivity contribution in [3.63, 3.8) is 0 Å². The maximum absolute atomic E-state index is 12.5. The highest BCUT2D eigenvalue weighted by molar-refractivity contribution is 9.10. The Balaban J connectivity index is 2.45. The molecule has 0 aromatic carbocycles. The van der Waals surface area contributed by atoms with Crippen molar-refractivity contribution in [2.45, 2.75) is 31.2 Å². The Bertz CT molecular complexity index is 561. The number of halogens is 1. The molecule has 1 aromatic heterocycles. The lowest BCUT2D eigenvalue weighted by molar-refractivity contribution is 0.405. The summed E-state index contributed by atoms with van der Waals surface area (Å²) in [5, 5.41) is 0.